The summed E-state index contributed by atoms with van der Waals surface area (Å²) in [7, 11) is 3.17. The first-order valence-electron chi connectivity index (χ1n) is 9.68. The van der Waals surface area contributed by atoms with Crippen molar-refractivity contribution < 1.29 is 18.8 Å². The van der Waals surface area contributed by atoms with Crippen LogP contribution in [0.5, 0.6) is 11.5 Å². The zero-order valence-electron chi connectivity index (χ0n) is 16.8. The van der Waals surface area contributed by atoms with Gasteiger partial charge in [0, 0.05) is 18.2 Å². The maximum atomic E-state index is 13.2. The van der Waals surface area contributed by atoms with Crippen molar-refractivity contribution in [3.05, 3.63) is 65.4 Å². The molecule has 6 nitrogen and oxygen atoms in total. The first-order valence-corrected chi connectivity index (χ1v) is 9.68. The van der Waals surface area contributed by atoms with Gasteiger partial charge in [0.2, 0.25) is 0 Å². The van der Waals surface area contributed by atoms with E-state index in [0.717, 1.165) is 24.9 Å². The third kappa shape index (κ3) is 3.58. The Balaban J connectivity index is 1.59. The van der Waals surface area contributed by atoms with Gasteiger partial charge in [-0.05, 0) is 49.1 Å². The minimum Gasteiger partial charge on any atom is -0.493 e. The average molecular weight is 392 g/mol. The van der Waals surface area contributed by atoms with Crippen molar-refractivity contribution in [2.75, 3.05) is 20.8 Å². The smallest absolute Gasteiger partial charge is 0.276 e. The SMILES string of the molecule is COc1ccc(-c2cc(C(=O)N3CCCC3c3ccccc3C)no2)cc1OC. The van der Waals surface area contributed by atoms with Crippen LogP contribution in [0.3, 0.4) is 0 Å². The Morgan fingerprint density at radius 3 is 2.66 bits per heavy atom. The van der Waals surface area contributed by atoms with Crippen molar-refractivity contribution in [1.82, 2.24) is 10.1 Å². The predicted molar refractivity (Wildman–Crippen MR) is 109 cm³/mol. The molecule has 1 aliphatic heterocycles. The van der Waals surface area contributed by atoms with E-state index in [9.17, 15) is 4.79 Å². The van der Waals surface area contributed by atoms with Gasteiger partial charge in [-0.15, -0.1) is 0 Å². The monoisotopic (exact) mass is 392 g/mol. The fourth-order valence-corrected chi connectivity index (χ4v) is 3.94. The Morgan fingerprint density at radius 2 is 1.90 bits per heavy atom. The molecule has 150 valence electrons. The summed E-state index contributed by atoms with van der Waals surface area (Å²) in [6.45, 7) is 2.80. The number of benzene rings is 2. The molecule has 0 bridgehead atoms. The minimum absolute atomic E-state index is 0.0740. The van der Waals surface area contributed by atoms with Crippen molar-refractivity contribution in [1.29, 1.82) is 0 Å². The van der Waals surface area contributed by atoms with Crippen molar-refractivity contribution in [3.63, 3.8) is 0 Å². The normalized spacial score (nSPS) is 16.1. The second-order valence-corrected chi connectivity index (χ2v) is 7.16. The Bertz CT molecular complexity index is 1030. The molecule has 0 spiro atoms. The summed E-state index contributed by atoms with van der Waals surface area (Å²) in [6.07, 6.45) is 1.93. The average Bonchev–Trinajstić information content (AvgIpc) is 3.43. The van der Waals surface area contributed by atoms with Crippen molar-refractivity contribution >= 4 is 5.91 Å². The van der Waals surface area contributed by atoms with Gasteiger partial charge in [-0.3, -0.25) is 4.79 Å². The standard InChI is InChI=1S/C23H24N2O4/c1-15-7-4-5-8-17(15)19-9-6-12-25(19)23(26)18-14-21(29-24-18)16-10-11-20(27-2)22(13-16)28-3/h4-5,7-8,10-11,13-14,19H,6,9,12H2,1-3H3. The third-order valence-corrected chi connectivity index (χ3v) is 5.46. The van der Waals surface area contributed by atoms with Gasteiger partial charge in [-0.1, -0.05) is 29.4 Å². The molecule has 4 rings (SSSR count). The number of nitrogens with zero attached hydrogens (tertiary/aromatic N) is 2. The number of aromatic nitrogens is 1. The second kappa shape index (κ2) is 7.99. The van der Waals surface area contributed by atoms with Crippen molar-refractivity contribution in [3.8, 4) is 22.8 Å². The van der Waals surface area contributed by atoms with Crippen LogP contribution in [0.4, 0.5) is 0 Å². The lowest BCUT2D eigenvalue weighted by atomic mass is 9.99. The van der Waals surface area contributed by atoms with Crippen LogP contribution in [-0.2, 0) is 0 Å². The number of amides is 1. The fourth-order valence-electron chi connectivity index (χ4n) is 3.94. The number of carbonyl (C=O) groups excluding carboxylic acids is 1. The summed E-state index contributed by atoms with van der Waals surface area (Å²) in [5.41, 5.74) is 3.48. The lowest BCUT2D eigenvalue weighted by Gasteiger charge is -2.25. The van der Waals surface area contributed by atoms with E-state index in [0.29, 0.717) is 23.0 Å². The van der Waals surface area contributed by atoms with Gasteiger partial charge in [0.1, 0.15) is 0 Å². The van der Waals surface area contributed by atoms with Crippen LogP contribution in [-0.4, -0.2) is 36.7 Å². The molecule has 3 aromatic rings. The van der Waals surface area contributed by atoms with Gasteiger partial charge in [0.25, 0.3) is 5.91 Å². The van der Waals surface area contributed by atoms with Gasteiger partial charge in [0.15, 0.2) is 23.0 Å². The molecule has 1 aromatic heterocycles. The number of hydrogen-bond acceptors (Lipinski definition) is 5. The molecule has 0 N–H and O–H groups in total. The van der Waals surface area contributed by atoms with E-state index in [1.165, 1.54) is 11.1 Å². The zero-order chi connectivity index (χ0) is 20.4. The van der Waals surface area contributed by atoms with Crippen LogP contribution < -0.4 is 9.47 Å². The summed E-state index contributed by atoms with van der Waals surface area (Å²) in [5.74, 6) is 1.63. The second-order valence-electron chi connectivity index (χ2n) is 7.16. The number of rotatable bonds is 5. The molecule has 2 aromatic carbocycles. The van der Waals surface area contributed by atoms with Crippen LogP contribution in [0.2, 0.25) is 0 Å². The van der Waals surface area contributed by atoms with E-state index in [4.69, 9.17) is 14.0 Å². The molecule has 1 amide bonds. The van der Waals surface area contributed by atoms with Crippen LogP contribution >= 0.6 is 0 Å². The minimum atomic E-state index is -0.105. The van der Waals surface area contributed by atoms with Crippen LogP contribution in [0.25, 0.3) is 11.3 Å². The molecule has 6 heteroatoms. The number of likely N-dealkylation sites (tertiary alicyclic amines) is 1. The molecule has 1 aliphatic rings. The molecule has 1 saturated heterocycles. The molecular formula is C23H24N2O4. The molecule has 29 heavy (non-hydrogen) atoms. The quantitative estimate of drug-likeness (QED) is 0.633. The largest absolute Gasteiger partial charge is 0.493 e. The lowest BCUT2D eigenvalue weighted by Crippen LogP contribution is -2.31. The van der Waals surface area contributed by atoms with E-state index in [1.807, 2.05) is 23.1 Å². The number of aryl methyl sites for hydroxylation is 1. The number of methoxy groups -OCH3 is 2. The predicted octanol–water partition coefficient (Wildman–Crippen LogP) is 4.64. The van der Waals surface area contributed by atoms with Gasteiger partial charge in [0.05, 0.1) is 20.3 Å². The molecule has 1 unspecified atom stereocenters. The maximum absolute atomic E-state index is 13.2. The number of ether oxygens (including phenoxy) is 2. The van der Waals surface area contributed by atoms with Crippen molar-refractivity contribution in [2.45, 2.75) is 25.8 Å². The number of carbonyl (C=O) groups is 1. The summed E-state index contributed by atoms with van der Waals surface area (Å²) in [6, 6.07) is 15.4. The first kappa shape index (κ1) is 19.1. The van der Waals surface area contributed by atoms with E-state index in [-0.39, 0.29) is 11.9 Å². The van der Waals surface area contributed by atoms with Gasteiger partial charge < -0.3 is 18.9 Å². The Kier molecular flexibility index (Phi) is 5.25. The van der Waals surface area contributed by atoms with Gasteiger partial charge >= 0.3 is 0 Å². The fraction of sp³-hybridized carbons (Fsp3) is 0.304. The van der Waals surface area contributed by atoms with E-state index < -0.39 is 0 Å². The van der Waals surface area contributed by atoms with Crippen molar-refractivity contribution in [2.24, 2.45) is 0 Å². The van der Waals surface area contributed by atoms with E-state index in [1.54, 1.807) is 32.4 Å². The van der Waals surface area contributed by atoms with Gasteiger partial charge in [-0.25, -0.2) is 0 Å². The molecule has 0 saturated carbocycles. The molecule has 1 atom stereocenters. The Labute approximate surface area is 170 Å². The topological polar surface area (TPSA) is 64.8 Å². The van der Waals surface area contributed by atoms with Crippen LogP contribution in [0.1, 0.15) is 40.5 Å². The molecule has 1 fully saturated rings. The summed E-state index contributed by atoms with van der Waals surface area (Å²) in [5, 5.41) is 4.05. The highest BCUT2D eigenvalue weighted by Crippen LogP contribution is 2.36. The highest BCUT2D eigenvalue weighted by atomic mass is 16.5. The molecule has 0 aliphatic carbocycles. The van der Waals surface area contributed by atoms with E-state index in [2.05, 4.69) is 24.2 Å². The Hall–Kier alpha value is -3.28. The zero-order valence-corrected chi connectivity index (χ0v) is 16.8. The molecular weight excluding hydrogens is 368 g/mol. The highest BCUT2D eigenvalue weighted by Gasteiger charge is 2.33. The first-order chi connectivity index (χ1) is 14.1. The van der Waals surface area contributed by atoms with Crippen LogP contribution in [0, 0.1) is 6.92 Å². The molecule has 0 radical (unpaired) electrons. The number of hydrogen-bond donors (Lipinski definition) is 0. The summed E-state index contributed by atoms with van der Waals surface area (Å²) >= 11 is 0. The summed E-state index contributed by atoms with van der Waals surface area (Å²) < 4.78 is 16.1. The maximum Gasteiger partial charge on any atom is 0.276 e. The Morgan fingerprint density at radius 1 is 1.10 bits per heavy atom. The van der Waals surface area contributed by atoms with Gasteiger partial charge in [-0.2, -0.15) is 0 Å². The van der Waals surface area contributed by atoms with Crippen LogP contribution in [0.15, 0.2) is 53.1 Å². The lowest BCUT2D eigenvalue weighted by molar-refractivity contribution is 0.0725. The third-order valence-electron chi connectivity index (χ3n) is 5.46. The summed E-state index contributed by atoms with van der Waals surface area (Å²) in [4.78, 5) is 15.1. The van der Waals surface area contributed by atoms with E-state index >= 15 is 0 Å². The highest BCUT2D eigenvalue weighted by molar-refractivity contribution is 5.93. The molecule has 2 heterocycles.